The molecule has 14 heteroatoms. The van der Waals surface area contributed by atoms with Crippen molar-refractivity contribution in [3.63, 3.8) is 0 Å². The van der Waals surface area contributed by atoms with Gasteiger partial charge in [0.25, 0.3) is 0 Å². The topological polar surface area (TPSA) is 176 Å². The van der Waals surface area contributed by atoms with Crippen LogP contribution >= 0.6 is 0 Å². The third-order valence-corrected chi connectivity index (χ3v) is 10.6. The number of hydrogen-bond acceptors (Lipinski definition) is 11. The quantitative estimate of drug-likeness (QED) is 0.0991. The van der Waals surface area contributed by atoms with Crippen LogP contribution in [0.1, 0.15) is 89.7 Å². The van der Waals surface area contributed by atoms with E-state index in [9.17, 15) is 29.4 Å². The highest BCUT2D eigenvalue weighted by atomic mass is 16.8. The van der Waals surface area contributed by atoms with Gasteiger partial charge < -0.3 is 40.0 Å². The van der Waals surface area contributed by atoms with E-state index in [0.29, 0.717) is 12.8 Å². The number of aliphatic hydroxyl groups excluding tert-OH is 2. The third-order valence-electron chi connectivity index (χ3n) is 10.6. The minimum atomic E-state index is -1.55. The van der Waals surface area contributed by atoms with Gasteiger partial charge in [-0.1, -0.05) is 63.8 Å². The standard InChI is InChI=1S/C38H56N4O10/c1-6-8-10-18-37(19-11-9-7-2)50-30-27-22-38(36(48)40-29(24(3)44)34(46)39-20-21-43)32(35(47)49-27)42(52-33(38)31(30)51-37)23-26-14-12-25(13-15-26)16-17-28(45)41(4)5/h12-17,24,27,29-33,43-44H,6-11,18-23H2,1-5H3,(H,39,46)(H,40,48)/t24-,27+,29+,30-,31-,32+,33+,38+/m0/s1. The molecule has 4 fully saturated rings. The number of carbonyl (C=O) groups is 4. The van der Waals surface area contributed by atoms with Gasteiger partial charge in [0.1, 0.15) is 35.9 Å². The van der Waals surface area contributed by atoms with Crippen molar-refractivity contribution in [1.82, 2.24) is 20.6 Å². The van der Waals surface area contributed by atoms with E-state index in [2.05, 4.69) is 24.5 Å². The molecule has 0 spiro atoms. The van der Waals surface area contributed by atoms with E-state index < -0.39 is 71.6 Å². The monoisotopic (exact) mass is 728 g/mol. The first-order valence-electron chi connectivity index (χ1n) is 18.7. The number of carbonyl (C=O) groups excluding carboxylic acids is 4. The van der Waals surface area contributed by atoms with Crippen LogP contribution in [0.15, 0.2) is 30.3 Å². The van der Waals surface area contributed by atoms with Crippen LogP contribution in [-0.2, 0) is 44.8 Å². The van der Waals surface area contributed by atoms with Crippen LogP contribution in [0.4, 0.5) is 0 Å². The molecule has 3 amide bonds. The van der Waals surface area contributed by atoms with Crippen molar-refractivity contribution < 1.29 is 48.4 Å². The number of nitrogens with one attached hydrogen (secondary N) is 2. The van der Waals surface area contributed by atoms with Gasteiger partial charge in [-0.25, -0.2) is 0 Å². The molecule has 1 saturated carbocycles. The molecular weight excluding hydrogens is 672 g/mol. The fraction of sp³-hybridized carbons (Fsp3) is 0.684. The molecule has 0 unspecified atom stereocenters. The Morgan fingerprint density at radius 1 is 1.04 bits per heavy atom. The maximum Gasteiger partial charge on any atom is 0.327 e. The molecule has 8 atom stereocenters. The number of benzene rings is 1. The van der Waals surface area contributed by atoms with Crippen LogP contribution in [0.2, 0.25) is 0 Å². The molecule has 14 nitrogen and oxygen atoms in total. The van der Waals surface area contributed by atoms with Crippen molar-refractivity contribution >= 4 is 29.8 Å². The summed E-state index contributed by atoms with van der Waals surface area (Å²) in [5.74, 6) is -3.04. The second kappa shape index (κ2) is 17.2. The van der Waals surface area contributed by atoms with Crippen LogP contribution in [0.3, 0.4) is 0 Å². The molecule has 1 aliphatic carbocycles. The van der Waals surface area contributed by atoms with Crippen LogP contribution in [-0.4, -0.2) is 120 Å². The molecule has 52 heavy (non-hydrogen) atoms. The van der Waals surface area contributed by atoms with E-state index in [0.717, 1.165) is 49.7 Å². The maximum absolute atomic E-state index is 14.7. The minimum Gasteiger partial charge on any atom is -0.458 e. The first-order chi connectivity index (χ1) is 24.9. The van der Waals surface area contributed by atoms with Crippen LogP contribution < -0.4 is 10.6 Å². The number of aliphatic hydroxyl groups is 2. The van der Waals surface area contributed by atoms with E-state index in [-0.39, 0.29) is 32.0 Å². The second-order valence-corrected chi connectivity index (χ2v) is 14.7. The molecule has 3 saturated heterocycles. The van der Waals surface area contributed by atoms with Gasteiger partial charge in [0.05, 0.1) is 19.3 Å². The third kappa shape index (κ3) is 8.22. The van der Waals surface area contributed by atoms with E-state index in [1.807, 2.05) is 24.3 Å². The van der Waals surface area contributed by atoms with Crippen molar-refractivity contribution in [2.24, 2.45) is 5.41 Å². The number of hydroxylamine groups is 2. The summed E-state index contributed by atoms with van der Waals surface area (Å²) in [6, 6.07) is 4.85. The molecule has 1 aromatic carbocycles. The molecule has 2 bridgehead atoms. The van der Waals surface area contributed by atoms with Crippen molar-refractivity contribution in [3.8, 4) is 0 Å². The number of ether oxygens (including phenoxy) is 3. The van der Waals surface area contributed by atoms with E-state index >= 15 is 0 Å². The lowest BCUT2D eigenvalue weighted by molar-refractivity contribution is -0.224. The molecule has 3 aliphatic heterocycles. The predicted molar refractivity (Wildman–Crippen MR) is 190 cm³/mol. The number of esters is 1. The Hall–Kier alpha value is -3.40. The first-order valence-corrected chi connectivity index (χ1v) is 18.7. The van der Waals surface area contributed by atoms with Gasteiger partial charge in [-0.15, -0.1) is 0 Å². The summed E-state index contributed by atoms with van der Waals surface area (Å²) in [4.78, 5) is 62.0. The maximum atomic E-state index is 14.7. The van der Waals surface area contributed by atoms with Gasteiger partial charge in [-0.05, 0) is 37.0 Å². The number of fused-ring (bicyclic) bond motifs is 4. The predicted octanol–water partition coefficient (Wildman–Crippen LogP) is 2.20. The van der Waals surface area contributed by atoms with Gasteiger partial charge in [-0.2, -0.15) is 5.06 Å². The Bertz CT molecular complexity index is 1440. The Labute approximate surface area is 306 Å². The lowest BCUT2D eigenvalue weighted by Crippen LogP contribution is -2.71. The zero-order valence-electron chi connectivity index (χ0n) is 31.0. The molecule has 4 N–H and O–H groups in total. The molecule has 1 aromatic rings. The lowest BCUT2D eigenvalue weighted by Gasteiger charge is -2.49. The van der Waals surface area contributed by atoms with Crippen molar-refractivity contribution in [2.75, 3.05) is 27.2 Å². The summed E-state index contributed by atoms with van der Waals surface area (Å²) < 4.78 is 19.8. The molecule has 288 valence electrons. The molecule has 3 heterocycles. The summed E-state index contributed by atoms with van der Waals surface area (Å²) in [5, 5.41) is 26.6. The fourth-order valence-electron chi connectivity index (χ4n) is 7.90. The summed E-state index contributed by atoms with van der Waals surface area (Å²) in [6.45, 7) is 5.38. The number of rotatable bonds is 18. The normalized spacial score (nSPS) is 28.6. The van der Waals surface area contributed by atoms with Gasteiger partial charge in [0, 0.05) is 46.0 Å². The number of likely N-dealkylation sites (N-methyl/N-ethyl adjacent to an activating group) is 1. The SMILES string of the molecule is CCCCCC1(CCCCC)O[C@@H]2[C@H](O1)[C@H]1ON(Cc3ccc(C=CC(=O)N(C)C)cc3)[C@@H]3C(=O)O[C@@H]2C[C@]13C(=O)N[C@@H](C(=O)NCCO)[C@H](C)O. The molecule has 0 radical (unpaired) electrons. The smallest absolute Gasteiger partial charge is 0.327 e. The fourth-order valence-corrected chi connectivity index (χ4v) is 7.90. The van der Waals surface area contributed by atoms with Gasteiger partial charge in [0.2, 0.25) is 17.7 Å². The van der Waals surface area contributed by atoms with Gasteiger partial charge in [0.15, 0.2) is 11.8 Å². The summed E-state index contributed by atoms with van der Waals surface area (Å²) >= 11 is 0. The average Bonchev–Trinajstić information content (AvgIpc) is 3.67. The number of amides is 3. The van der Waals surface area contributed by atoms with Gasteiger partial charge in [-0.3, -0.25) is 24.0 Å². The van der Waals surface area contributed by atoms with Crippen LogP contribution in [0.25, 0.3) is 6.08 Å². The lowest BCUT2D eigenvalue weighted by atomic mass is 9.62. The Morgan fingerprint density at radius 3 is 2.29 bits per heavy atom. The summed E-state index contributed by atoms with van der Waals surface area (Å²) in [6.07, 6.45) is 5.86. The molecule has 0 aromatic heterocycles. The number of hydrogen-bond donors (Lipinski definition) is 4. The first kappa shape index (κ1) is 39.8. The molecule has 5 rings (SSSR count). The van der Waals surface area contributed by atoms with Gasteiger partial charge >= 0.3 is 5.97 Å². The van der Waals surface area contributed by atoms with Crippen molar-refractivity contribution in [3.05, 3.63) is 41.5 Å². The van der Waals surface area contributed by atoms with E-state index in [1.165, 1.54) is 23.0 Å². The van der Waals surface area contributed by atoms with Crippen molar-refractivity contribution in [2.45, 2.75) is 133 Å². The molecular formula is C38H56N4O10. The highest BCUT2D eigenvalue weighted by Gasteiger charge is 2.76. The second-order valence-electron chi connectivity index (χ2n) is 14.7. The zero-order chi connectivity index (χ0) is 37.6. The summed E-state index contributed by atoms with van der Waals surface area (Å²) in [5.41, 5.74) is 0.0304. The highest BCUT2D eigenvalue weighted by molar-refractivity contribution is 5.96. The van der Waals surface area contributed by atoms with E-state index in [4.69, 9.17) is 19.0 Å². The number of nitrogens with zero attached hydrogens (tertiary/aromatic N) is 2. The van der Waals surface area contributed by atoms with Crippen molar-refractivity contribution in [1.29, 1.82) is 0 Å². The average molecular weight is 729 g/mol. The van der Waals surface area contributed by atoms with E-state index in [1.54, 1.807) is 20.2 Å². The van der Waals surface area contributed by atoms with Crippen LogP contribution in [0, 0.1) is 5.41 Å². The Morgan fingerprint density at radius 2 is 1.69 bits per heavy atom. The molecule has 4 aliphatic rings. The summed E-state index contributed by atoms with van der Waals surface area (Å²) in [7, 11) is 3.35. The largest absolute Gasteiger partial charge is 0.458 e. The highest BCUT2D eigenvalue weighted by Crippen LogP contribution is 2.58. The zero-order valence-corrected chi connectivity index (χ0v) is 31.0. The Kier molecular flexibility index (Phi) is 13.1. The minimum absolute atomic E-state index is 0.0623. The number of unbranched alkanes of at least 4 members (excludes halogenated alkanes) is 4. The Balaban J connectivity index is 1.49. The van der Waals surface area contributed by atoms with Crippen LogP contribution in [0.5, 0.6) is 0 Å².